The molecule has 0 aliphatic carbocycles. The molecule has 1 aromatic carbocycles. The molecule has 2 heterocycles. The maximum atomic E-state index is 5.11. The second kappa shape index (κ2) is 5.44. The van der Waals surface area contributed by atoms with Crippen LogP contribution in [0.1, 0.15) is 0 Å². The van der Waals surface area contributed by atoms with Crippen molar-refractivity contribution in [1.29, 1.82) is 0 Å². The van der Waals surface area contributed by atoms with Gasteiger partial charge in [0.2, 0.25) is 5.88 Å². The number of rotatable bonds is 4. The first kappa shape index (κ1) is 12.2. The molecule has 3 aromatic rings. The van der Waals surface area contributed by atoms with Crippen molar-refractivity contribution in [3.63, 3.8) is 0 Å². The molecule has 0 amide bonds. The molecular weight excluding hydrogens is 252 g/mol. The predicted molar refractivity (Wildman–Crippen MR) is 77.6 cm³/mol. The van der Waals surface area contributed by atoms with Gasteiger partial charge in [-0.15, -0.1) is 0 Å². The van der Waals surface area contributed by atoms with Crippen molar-refractivity contribution in [2.45, 2.75) is 0 Å². The molecule has 0 atom stereocenters. The van der Waals surface area contributed by atoms with Crippen LogP contribution in [0.5, 0.6) is 5.88 Å². The summed E-state index contributed by atoms with van der Waals surface area (Å²) in [5, 5.41) is 7.46. The van der Waals surface area contributed by atoms with Crippen LogP contribution in [0.2, 0.25) is 0 Å². The standard InChI is InChI=1S/C15H14N4O/c1-20-15-8-3-7-14(18-15)17-12-5-2-6-13(11-12)19-10-4-9-16-19/h2-11H,1H3,(H,17,18). The lowest BCUT2D eigenvalue weighted by Crippen LogP contribution is -1.98. The Bertz CT molecular complexity index is 695. The number of pyridine rings is 1. The van der Waals surface area contributed by atoms with E-state index in [1.165, 1.54) is 0 Å². The second-order valence-electron chi connectivity index (χ2n) is 4.19. The molecule has 0 radical (unpaired) electrons. The van der Waals surface area contributed by atoms with Crippen LogP contribution in [-0.4, -0.2) is 21.9 Å². The minimum Gasteiger partial charge on any atom is -0.481 e. The van der Waals surface area contributed by atoms with Gasteiger partial charge in [-0.2, -0.15) is 10.1 Å². The zero-order chi connectivity index (χ0) is 13.8. The summed E-state index contributed by atoms with van der Waals surface area (Å²) in [6.07, 6.45) is 3.66. The summed E-state index contributed by atoms with van der Waals surface area (Å²) >= 11 is 0. The average molecular weight is 266 g/mol. The lowest BCUT2D eigenvalue weighted by Gasteiger charge is -2.08. The van der Waals surface area contributed by atoms with Crippen LogP contribution in [-0.2, 0) is 0 Å². The minimum absolute atomic E-state index is 0.582. The van der Waals surface area contributed by atoms with Crippen LogP contribution in [0.4, 0.5) is 11.5 Å². The Labute approximate surface area is 116 Å². The van der Waals surface area contributed by atoms with Crippen molar-refractivity contribution in [1.82, 2.24) is 14.8 Å². The maximum Gasteiger partial charge on any atom is 0.214 e. The predicted octanol–water partition coefficient (Wildman–Crippen LogP) is 3.02. The first-order valence-electron chi connectivity index (χ1n) is 6.23. The third-order valence-electron chi connectivity index (χ3n) is 2.82. The molecule has 0 saturated heterocycles. The molecule has 0 bridgehead atoms. The Balaban J connectivity index is 1.85. The summed E-state index contributed by atoms with van der Waals surface area (Å²) in [5.41, 5.74) is 1.93. The Morgan fingerprint density at radius 3 is 2.80 bits per heavy atom. The monoisotopic (exact) mass is 266 g/mol. The Kier molecular flexibility index (Phi) is 3.33. The highest BCUT2D eigenvalue weighted by Gasteiger charge is 2.01. The first-order chi connectivity index (χ1) is 9.85. The fourth-order valence-electron chi connectivity index (χ4n) is 1.89. The molecule has 0 fully saturated rings. The van der Waals surface area contributed by atoms with Gasteiger partial charge in [-0.25, -0.2) is 4.68 Å². The lowest BCUT2D eigenvalue weighted by molar-refractivity contribution is 0.398. The van der Waals surface area contributed by atoms with Crippen LogP contribution in [0, 0.1) is 0 Å². The highest BCUT2D eigenvalue weighted by Crippen LogP contribution is 2.19. The summed E-state index contributed by atoms with van der Waals surface area (Å²) in [5.74, 6) is 1.32. The molecule has 5 heteroatoms. The van der Waals surface area contributed by atoms with Gasteiger partial charge in [-0.1, -0.05) is 12.1 Å². The molecule has 2 aromatic heterocycles. The molecule has 0 saturated carbocycles. The molecule has 3 rings (SSSR count). The number of anilines is 2. The van der Waals surface area contributed by atoms with Gasteiger partial charge in [0.05, 0.1) is 12.8 Å². The molecule has 1 N–H and O–H groups in total. The molecule has 0 unspecified atom stereocenters. The van der Waals surface area contributed by atoms with Crippen molar-refractivity contribution in [2.75, 3.05) is 12.4 Å². The van der Waals surface area contributed by atoms with E-state index in [4.69, 9.17) is 4.74 Å². The van der Waals surface area contributed by atoms with E-state index in [-0.39, 0.29) is 0 Å². The van der Waals surface area contributed by atoms with E-state index < -0.39 is 0 Å². The Morgan fingerprint density at radius 1 is 1.10 bits per heavy atom. The number of benzene rings is 1. The summed E-state index contributed by atoms with van der Waals surface area (Å²) in [4.78, 5) is 4.32. The highest BCUT2D eigenvalue weighted by molar-refractivity contribution is 5.59. The van der Waals surface area contributed by atoms with Crippen LogP contribution in [0.15, 0.2) is 60.9 Å². The third kappa shape index (κ3) is 2.61. The van der Waals surface area contributed by atoms with Crippen molar-refractivity contribution in [3.8, 4) is 11.6 Å². The Morgan fingerprint density at radius 2 is 2.00 bits per heavy atom. The number of hydrogen-bond acceptors (Lipinski definition) is 4. The zero-order valence-corrected chi connectivity index (χ0v) is 11.0. The largest absolute Gasteiger partial charge is 0.481 e. The van der Waals surface area contributed by atoms with Crippen molar-refractivity contribution in [2.24, 2.45) is 0 Å². The molecule has 0 aliphatic heterocycles. The van der Waals surface area contributed by atoms with E-state index in [1.807, 2.05) is 59.4 Å². The van der Waals surface area contributed by atoms with Gasteiger partial charge in [-0.05, 0) is 30.3 Å². The maximum absolute atomic E-state index is 5.11. The van der Waals surface area contributed by atoms with Crippen LogP contribution >= 0.6 is 0 Å². The quantitative estimate of drug-likeness (QED) is 0.788. The minimum atomic E-state index is 0.582. The van der Waals surface area contributed by atoms with Gasteiger partial charge < -0.3 is 10.1 Å². The molecular formula is C15H14N4O. The number of nitrogens with one attached hydrogen (secondary N) is 1. The highest BCUT2D eigenvalue weighted by atomic mass is 16.5. The zero-order valence-electron chi connectivity index (χ0n) is 11.0. The summed E-state index contributed by atoms with van der Waals surface area (Å²) in [7, 11) is 1.60. The number of methoxy groups -OCH3 is 1. The van der Waals surface area contributed by atoms with Crippen molar-refractivity contribution >= 4 is 11.5 Å². The number of hydrogen-bond donors (Lipinski definition) is 1. The van der Waals surface area contributed by atoms with E-state index in [1.54, 1.807) is 13.3 Å². The summed E-state index contributed by atoms with van der Waals surface area (Å²) in [6, 6.07) is 15.4. The number of aromatic nitrogens is 3. The summed E-state index contributed by atoms with van der Waals surface area (Å²) < 4.78 is 6.92. The smallest absolute Gasteiger partial charge is 0.214 e. The van der Waals surface area contributed by atoms with E-state index in [0.29, 0.717) is 5.88 Å². The topological polar surface area (TPSA) is 52.0 Å². The van der Waals surface area contributed by atoms with Crippen LogP contribution in [0.25, 0.3) is 5.69 Å². The number of ether oxygens (including phenoxy) is 1. The Hall–Kier alpha value is -2.82. The fraction of sp³-hybridized carbons (Fsp3) is 0.0667. The van der Waals surface area contributed by atoms with Gasteiger partial charge >= 0.3 is 0 Å². The molecule has 20 heavy (non-hydrogen) atoms. The van der Waals surface area contributed by atoms with E-state index in [2.05, 4.69) is 15.4 Å². The van der Waals surface area contributed by atoms with Gasteiger partial charge in [0.1, 0.15) is 5.82 Å². The van der Waals surface area contributed by atoms with E-state index >= 15 is 0 Å². The average Bonchev–Trinajstić information content (AvgIpc) is 3.02. The normalized spacial score (nSPS) is 10.2. The van der Waals surface area contributed by atoms with Gasteiger partial charge in [0, 0.05) is 24.1 Å². The van der Waals surface area contributed by atoms with Crippen LogP contribution < -0.4 is 10.1 Å². The SMILES string of the molecule is COc1cccc(Nc2cccc(-n3cccn3)c2)n1. The lowest BCUT2D eigenvalue weighted by atomic mass is 10.2. The number of nitrogens with zero attached hydrogens (tertiary/aromatic N) is 3. The van der Waals surface area contributed by atoms with Crippen molar-refractivity contribution < 1.29 is 4.74 Å². The van der Waals surface area contributed by atoms with Gasteiger partial charge in [0.15, 0.2) is 0 Å². The second-order valence-corrected chi connectivity index (χ2v) is 4.19. The third-order valence-corrected chi connectivity index (χ3v) is 2.82. The van der Waals surface area contributed by atoms with Gasteiger partial charge in [0.25, 0.3) is 0 Å². The van der Waals surface area contributed by atoms with Gasteiger partial charge in [-0.3, -0.25) is 0 Å². The fourth-order valence-corrected chi connectivity index (χ4v) is 1.89. The van der Waals surface area contributed by atoms with Crippen molar-refractivity contribution in [3.05, 3.63) is 60.9 Å². The van der Waals surface area contributed by atoms with E-state index in [9.17, 15) is 0 Å². The van der Waals surface area contributed by atoms with Crippen LogP contribution in [0.3, 0.4) is 0 Å². The molecule has 100 valence electrons. The molecule has 0 spiro atoms. The molecule has 5 nitrogen and oxygen atoms in total. The van der Waals surface area contributed by atoms with E-state index in [0.717, 1.165) is 17.2 Å². The molecule has 0 aliphatic rings. The first-order valence-corrected chi connectivity index (χ1v) is 6.23. The summed E-state index contributed by atoms with van der Waals surface area (Å²) in [6.45, 7) is 0.